The number of nitrogens with one attached hydrogen (secondary N) is 2. The first-order valence-corrected chi connectivity index (χ1v) is 9.64. The Morgan fingerprint density at radius 1 is 1.35 bits per heavy atom. The molecule has 2 heterocycles. The van der Waals surface area contributed by atoms with Crippen molar-refractivity contribution in [2.24, 2.45) is 10.9 Å². The van der Waals surface area contributed by atoms with Crippen molar-refractivity contribution in [2.75, 3.05) is 6.54 Å². The smallest absolute Gasteiger partial charge is 0.399 e. The van der Waals surface area contributed by atoms with Gasteiger partial charge < -0.3 is 14.6 Å². The van der Waals surface area contributed by atoms with Crippen LogP contribution in [0.2, 0.25) is 0 Å². The summed E-state index contributed by atoms with van der Waals surface area (Å²) in [6.07, 6.45) is 1.48. The minimum Gasteiger partial charge on any atom is -0.399 e. The number of halogens is 1. The Labute approximate surface area is 158 Å². The first-order chi connectivity index (χ1) is 12.1. The molecular formula is C17H25BFN3O3S. The number of carbonyl (C=O) groups is 1. The Balaban J connectivity index is 1.81. The van der Waals surface area contributed by atoms with Gasteiger partial charge in [0, 0.05) is 22.8 Å². The summed E-state index contributed by atoms with van der Waals surface area (Å²) in [5.41, 5.74) is -0.596. The highest BCUT2D eigenvalue weighted by atomic mass is 32.2. The molecule has 1 fully saturated rings. The van der Waals surface area contributed by atoms with Crippen molar-refractivity contribution in [3.05, 3.63) is 22.3 Å². The number of hydrogen-bond donors (Lipinski definition) is 2. The quantitative estimate of drug-likeness (QED) is 0.721. The lowest BCUT2D eigenvalue weighted by Gasteiger charge is -2.32. The number of nitrogens with zero attached hydrogens (tertiary/aromatic N) is 1. The molecule has 1 aliphatic carbocycles. The van der Waals surface area contributed by atoms with Gasteiger partial charge in [0.1, 0.15) is 5.83 Å². The van der Waals surface area contributed by atoms with Crippen LogP contribution in [0.4, 0.5) is 9.18 Å². The van der Waals surface area contributed by atoms with Crippen LogP contribution in [0, 0.1) is 5.92 Å². The molecule has 6 nitrogen and oxygen atoms in total. The molecule has 9 heteroatoms. The van der Waals surface area contributed by atoms with E-state index in [0.717, 1.165) is 4.91 Å². The number of aliphatic imine (C=N–C) groups is 1. The molecule has 0 aromatic heterocycles. The normalized spacial score (nSPS) is 29.3. The molecule has 26 heavy (non-hydrogen) atoms. The summed E-state index contributed by atoms with van der Waals surface area (Å²) in [4.78, 5) is 17.1. The fraction of sp³-hybridized carbons (Fsp3) is 0.647. The predicted molar refractivity (Wildman–Crippen MR) is 102 cm³/mol. The van der Waals surface area contributed by atoms with Crippen LogP contribution in [-0.4, -0.2) is 42.1 Å². The molecule has 0 bridgehead atoms. The lowest BCUT2D eigenvalue weighted by atomic mass is 9.67. The second-order valence-corrected chi connectivity index (χ2v) is 8.75. The molecule has 1 saturated heterocycles. The fourth-order valence-corrected chi connectivity index (χ4v) is 4.19. The van der Waals surface area contributed by atoms with Crippen molar-refractivity contribution in [2.45, 2.75) is 58.8 Å². The van der Waals surface area contributed by atoms with Gasteiger partial charge in [-0.3, -0.25) is 10.3 Å². The van der Waals surface area contributed by atoms with Crippen molar-refractivity contribution in [1.29, 1.82) is 0 Å². The molecule has 3 rings (SSSR count). The Kier molecular flexibility index (Phi) is 5.00. The number of hydrogen-bond acceptors (Lipinski definition) is 5. The molecule has 0 saturated carbocycles. The van der Waals surface area contributed by atoms with Gasteiger partial charge in [-0.2, -0.15) is 0 Å². The van der Waals surface area contributed by atoms with Crippen LogP contribution in [0.3, 0.4) is 0 Å². The summed E-state index contributed by atoms with van der Waals surface area (Å²) in [7, 11) is -0.742. The van der Waals surface area contributed by atoms with Gasteiger partial charge in [-0.05, 0) is 40.7 Å². The van der Waals surface area contributed by atoms with E-state index in [1.54, 1.807) is 0 Å². The Morgan fingerprint density at radius 3 is 2.54 bits per heavy atom. The number of amides is 2. The van der Waals surface area contributed by atoms with E-state index in [9.17, 15) is 9.18 Å². The van der Waals surface area contributed by atoms with E-state index >= 15 is 0 Å². The number of rotatable bonds is 2. The van der Waals surface area contributed by atoms with Crippen LogP contribution in [0.15, 0.2) is 27.3 Å². The third-order valence-electron chi connectivity index (χ3n) is 5.34. The molecule has 2 aliphatic heterocycles. The number of urea groups is 1. The monoisotopic (exact) mass is 381 g/mol. The molecular weight excluding hydrogens is 356 g/mol. The number of carbonyl (C=O) groups excluding carboxylic acids is 1. The van der Waals surface area contributed by atoms with E-state index in [-0.39, 0.29) is 23.8 Å². The lowest BCUT2D eigenvalue weighted by Crippen LogP contribution is -2.41. The Morgan fingerprint density at radius 2 is 1.96 bits per heavy atom. The van der Waals surface area contributed by atoms with Crippen molar-refractivity contribution in [1.82, 2.24) is 10.6 Å². The van der Waals surface area contributed by atoms with E-state index in [0.29, 0.717) is 17.2 Å². The van der Waals surface area contributed by atoms with Crippen molar-refractivity contribution >= 4 is 30.1 Å². The predicted octanol–water partition coefficient (Wildman–Crippen LogP) is 3.17. The van der Waals surface area contributed by atoms with Crippen LogP contribution < -0.4 is 10.6 Å². The zero-order valence-electron chi connectivity index (χ0n) is 16.0. The highest BCUT2D eigenvalue weighted by Crippen LogP contribution is 2.47. The van der Waals surface area contributed by atoms with E-state index < -0.39 is 18.3 Å². The molecule has 0 spiro atoms. The van der Waals surface area contributed by atoms with Crippen molar-refractivity contribution < 1.29 is 18.5 Å². The van der Waals surface area contributed by atoms with Gasteiger partial charge in [-0.1, -0.05) is 18.7 Å². The summed E-state index contributed by atoms with van der Waals surface area (Å²) in [6, 6.07) is -0.560. The van der Waals surface area contributed by atoms with Crippen molar-refractivity contribution in [3.8, 4) is 0 Å². The average molecular weight is 381 g/mol. The highest BCUT2D eigenvalue weighted by molar-refractivity contribution is 8.17. The number of amidine groups is 1. The van der Waals surface area contributed by atoms with Gasteiger partial charge in [0.25, 0.3) is 0 Å². The molecule has 3 aliphatic rings. The van der Waals surface area contributed by atoms with Crippen LogP contribution in [0.25, 0.3) is 0 Å². The average Bonchev–Trinajstić information content (AvgIpc) is 2.97. The van der Waals surface area contributed by atoms with Gasteiger partial charge in [0.15, 0.2) is 5.17 Å². The summed E-state index contributed by atoms with van der Waals surface area (Å²) in [5, 5.41) is 5.83. The highest BCUT2D eigenvalue weighted by Gasteiger charge is 2.55. The summed E-state index contributed by atoms with van der Waals surface area (Å²) < 4.78 is 26.9. The minimum absolute atomic E-state index is 0.231. The maximum atomic E-state index is 14.9. The molecule has 0 radical (unpaired) electrons. The topological polar surface area (TPSA) is 72.0 Å². The van der Waals surface area contributed by atoms with E-state index in [1.165, 1.54) is 17.8 Å². The maximum Gasteiger partial charge on any atom is 0.493 e. The summed E-state index contributed by atoms with van der Waals surface area (Å²) in [6.45, 7) is 12.0. The second kappa shape index (κ2) is 6.69. The molecule has 2 unspecified atom stereocenters. The molecule has 142 valence electrons. The maximum absolute atomic E-state index is 14.9. The van der Waals surface area contributed by atoms with Gasteiger partial charge >= 0.3 is 13.1 Å². The third kappa shape index (κ3) is 3.32. The largest absolute Gasteiger partial charge is 0.493 e. The molecule has 0 aromatic rings. The third-order valence-corrected chi connectivity index (χ3v) is 6.33. The molecule has 0 aromatic carbocycles. The number of thioether (sulfide) groups is 1. The lowest BCUT2D eigenvalue weighted by molar-refractivity contribution is 0.00578. The molecule has 2 amide bonds. The van der Waals surface area contributed by atoms with E-state index in [1.807, 2.05) is 41.5 Å². The van der Waals surface area contributed by atoms with Crippen LogP contribution >= 0.6 is 11.8 Å². The fourth-order valence-electron chi connectivity index (χ4n) is 3.11. The number of fused-ring (bicyclic) bond motifs is 1. The van der Waals surface area contributed by atoms with Gasteiger partial charge in [0.2, 0.25) is 0 Å². The SMILES string of the molecule is CCNC(=O)NC1=NC2C(=CC(F)=C(B3OC(C)(C)C(C)(C)O3)C2C)S1. The second-order valence-electron chi connectivity index (χ2n) is 7.69. The zero-order valence-corrected chi connectivity index (χ0v) is 16.8. The Bertz CT molecular complexity index is 704. The summed E-state index contributed by atoms with van der Waals surface area (Å²) in [5.74, 6) is -0.574. The number of allylic oxidation sites excluding steroid dienone is 2. The van der Waals surface area contributed by atoms with Crippen LogP contribution in [0.5, 0.6) is 0 Å². The van der Waals surface area contributed by atoms with Gasteiger partial charge in [-0.25, -0.2) is 9.18 Å². The first-order valence-electron chi connectivity index (χ1n) is 8.83. The van der Waals surface area contributed by atoms with E-state index in [4.69, 9.17) is 9.31 Å². The first kappa shape index (κ1) is 19.4. The van der Waals surface area contributed by atoms with Crippen molar-refractivity contribution in [3.63, 3.8) is 0 Å². The van der Waals surface area contributed by atoms with Gasteiger partial charge in [-0.15, -0.1) is 0 Å². The standard InChI is InChI=1S/C17H25BFN3O3S/c1-7-20-14(23)22-15-21-13-9(2)12(10(19)8-11(13)26-15)18-24-16(3,4)17(5,6)25-18/h8-9,13H,7H2,1-6H3,(H2,20,21,22,23). The summed E-state index contributed by atoms with van der Waals surface area (Å²) >= 11 is 1.28. The minimum atomic E-state index is -0.742. The van der Waals surface area contributed by atoms with Gasteiger partial charge in [0.05, 0.1) is 17.2 Å². The molecule has 2 N–H and O–H groups in total. The molecule has 2 atom stereocenters. The van der Waals surface area contributed by atoms with E-state index in [2.05, 4.69) is 15.6 Å². The Hall–Kier alpha value is -1.32. The van der Waals surface area contributed by atoms with Crippen LogP contribution in [0.1, 0.15) is 41.5 Å². The zero-order chi connectivity index (χ0) is 19.3. The van der Waals surface area contributed by atoms with Crippen LogP contribution in [-0.2, 0) is 9.31 Å².